The fourth-order valence-corrected chi connectivity index (χ4v) is 2.72. The van der Waals surface area contributed by atoms with E-state index in [1.807, 2.05) is 32.0 Å². The Morgan fingerprint density at radius 1 is 1.11 bits per heavy atom. The van der Waals surface area contributed by atoms with Gasteiger partial charge in [0.1, 0.15) is 18.2 Å². The minimum atomic E-state index is -0.828. The number of nitrogens with one attached hydrogen (secondary N) is 1. The molecule has 0 aliphatic rings. The van der Waals surface area contributed by atoms with Gasteiger partial charge in [0.15, 0.2) is 17.3 Å². The van der Waals surface area contributed by atoms with Crippen molar-refractivity contribution in [3.05, 3.63) is 76.2 Å². The minimum absolute atomic E-state index is 0.0502. The number of hydrogen-bond donors (Lipinski definition) is 1. The maximum atomic E-state index is 13.7. The number of nitrogens with zero attached hydrogens (tertiary/aromatic N) is 1. The van der Waals surface area contributed by atoms with E-state index in [1.54, 1.807) is 6.92 Å². The van der Waals surface area contributed by atoms with Crippen molar-refractivity contribution in [1.29, 1.82) is 0 Å². The Morgan fingerprint density at radius 2 is 1.81 bits per heavy atom. The lowest BCUT2D eigenvalue weighted by Gasteiger charge is -2.09. The standard InChI is InChI=1S/C20H18F2N2O3/c1-11-6-12(2)8-15(7-11)23-20(25)19-16(13(3)27-24-19)10-26-18-5-4-14(21)9-17(18)22/h4-9H,10H2,1-3H3,(H,23,25). The number of halogens is 2. The Bertz CT molecular complexity index is 979. The molecule has 0 radical (unpaired) electrons. The fourth-order valence-electron chi connectivity index (χ4n) is 2.72. The second kappa shape index (κ2) is 7.57. The van der Waals surface area contributed by atoms with Crippen LogP contribution in [0, 0.1) is 32.4 Å². The monoisotopic (exact) mass is 372 g/mol. The first kappa shape index (κ1) is 18.6. The first-order valence-corrected chi connectivity index (χ1v) is 8.26. The van der Waals surface area contributed by atoms with Crippen molar-refractivity contribution in [2.24, 2.45) is 0 Å². The van der Waals surface area contributed by atoms with Gasteiger partial charge in [0, 0.05) is 11.8 Å². The van der Waals surface area contributed by atoms with Crippen molar-refractivity contribution in [2.75, 3.05) is 5.32 Å². The summed E-state index contributed by atoms with van der Waals surface area (Å²) in [6.45, 7) is 5.34. The molecular weight excluding hydrogens is 354 g/mol. The summed E-state index contributed by atoms with van der Waals surface area (Å²) in [5, 5.41) is 6.55. The van der Waals surface area contributed by atoms with Crippen molar-refractivity contribution in [3.63, 3.8) is 0 Å². The second-order valence-corrected chi connectivity index (χ2v) is 6.26. The van der Waals surface area contributed by atoms with Crippen molar-refractivity contribution < 1.29 is 22.8 Å². The number of aryl methyl sites for hydroxylation is 3. The first-order chi connectivity index (χ1) is 12.8. The smallest absolute Gasteiger partial charge is 0.278 e. The number of ether oxygens (including phenoxy) is 1. The molecule has 3 aromatic rings. The van der Waals surface area contributed by atoms with Crippen molar-refractivity contribution in [1.82, 2.24) is 5.16 Å². The summed E-state index contributed by atoms with van der Waals surface area (Å²) in [4.78, 5) is 12.6. The third kappa shape index (κ3) is 4.31. The van der Waals surface area contributed by atoms with Gasteiger partial charge in [-0.15, -0.1) is 0 Å². The number of anilines is 1. The van der Waals surface area contributed by atoms with Crippen LogP contribution < -0.4 is 10.1 Å². The van der Waals surface area contributed by atoms with E-state index in [9.17, 15) is 13.6 Å². The normalized spacial score (nSPS) is 10.7. The Morgan fingerprint density at radius 3 is 2.48 bits per heavy atom. The van der Waals surface area contributed by atoms with Crippen LogP contribution >= 0.6 is 0 Å². The molecule has 0 saturated carbocycles. The molecule has 5 nitrogen and oxygen atoms in total. The van der Waals surface area contributed by atoms with E-state index in [0.29, 0.717) is 17.0 Å². The highest BCUT2D eigenvalue weighted by Gasteiger charge is 2.21. The van der Waals surface area contributed by atoms with E-state index >= 15 is 0 Å². The van der Waals surface area contributed by atoms with E-state index in [4.69, 9.17) is 9.26 Å². The molecule has 1 N–H and O–H groups in total. The molecule has 0 fully saturated rings. The lowest BCUT2D eigenvalue weighted by atomic mass is 10.1. The Labute approximate surface area is 154 Å². The molecular formula is C20H18F2N2O3. The molecule has 0 saturated heterocycles. The van der Waals surface area contributed by atoms with Gasteiger partial charge >= 0.3 is 0 Å². The highest BCUT2D eigenvalue weighted by Crippen LogP contribution is 2.22. The van der Waals surface area contributed by atoms with Gasteiger partial charge in [-0.3, -0.25) is 4.79 Å². The number of amides is 1. The zero-order valence-electron chi connectivity index (χ0n) is 15.1. The zero-order valence-corrected chi connectivity index (χ0v) is 15.1. The van der Waals surface area contributed by atoms with E-state index in [0.717, 1.165) is 23.3 Å². The highest BCUT2D eigenvalue weighted by atomic mass is 19.1. The van der Waals surface area contributed by atoms with Gasteiger partial charge in [0.05, 0.1) is 5.56 Å². The molecule has 140 valence electrons. The van der Waals surface area contributed by atoms with Crippen LogP contribution in [0.5, 0.6) is 5.75 Å². The van der Waals surface area contributed by atoms with Crippen LogP contribution in [0.3, 0.4) is 0 Å². The summed E-state index contributed by atoms with van der Waals surface area (Å²) in [5.74, 6) is -1.74. The van der Waals surface area contributed by atoms with Gasteiger partial charge in [-0.2, -0.15) is 0 Å². The predicted octanol–water partition coefficient (Wildman–Crippen LogP) is 4.71. The quantitative estimate of drug-likeness (QED) is 0.704. The molecule has 0 bridgehead atoms. The van der Waals surface area contributed by atoms with Crippen LogP contribution in [0.15, 0.2) is 40.9 Å². The van der Waals surface area contributed by atoms with E-state index in [2.05, 4.69) is 10.5 Å². The van der Waals surface area contributed by atoms with E-state index < -0.39 is 17.5 Å². The molecule has 1 aromatic heterocycles. The zero-order chi connectivity index (χ0) is 19.6. The molecule has 0 unspecified atom stereocenters. The second-order valence-electron chi connectivity index (χ2n) is 6.26. The summed E-state index contributed by atoms with van der Waals surface area (Å²) in [6, 6.07) is 8.66. The highest BCUT2D eigenvalue weighted by molar-refractivity contribution is 6.04. The number of rotatable bonds is 5. The number of hydrogen-bond acceptors (Lipinski definition) is 4. The third-order valence-corrected chi connectivity index (χ3v) is 3.95. The van der Waals surface area contributed by atoms with Crippen molar-refractivity contribution >= 4 is 11.6 Å². The van der Waals surface area contributed by atoms with Crippen molar-refractivity contribution in [2.45, 2.75) is 27.4 Å². The van der Waals surface area contributed by atoms with Gasteiger partial charge in [0.25, 0.3) is 5.91 Å². The largest absolute Gasteiger partial charge is 0.486 e. The summed E-state index contributed by atoms with van der Waals surface area (Å²) in [5.41, 5.74) is 3.10. The van der Waals surface area contributed by atoms with Gasteiger partial charge < -0.3 is 14.6 Å². The molecule has 27 heavy (non-hydrogen) atoms. The topological polar surface area (TPSA) is 64.4 Å². The molecule has 0 aliphatic carbocycles. The summed E-state index contributed by atoms with van der Waals surface area (Å²) in [6.07, 6.45) is 0. The van der Waals surface area contributed by atoms with Crippen LogP contribution in [-0.4, -0.2) is 11.1 Å². The van der Waals surface area contributed by atoms with Crippen LogP contribution in [0.2, 0.25) is 0 Å². The third-order valence-electron chi connectivity index (χ3n) is 3.95. The van der Waals surface area contributed by atoms with Crippen molar-refractivity contribution in [3.8, 4) is 5.75 Å². The van der Waals surface area contributed by atoms with Gasteiger partial charge in [-0.05, 0) is 56.2 Å². The van der Waals surface area contributed by atoms with Crippen LogP contribution in [0.4, 0.5) is 14.5 Å². The Hall–Kier alpha value is -3.22. The maximum Gasteiger partial charge on any atom is 0.278 e. The Balaban J connectivity index is 1.78. The molecule has 3 rings (SSSR count). The predicted molar refractivity (Wildman–Crippen MR) is 95.8 cm³/mol. The average Bonchev–Trinajstić information content (AvgIpc) is 2.94. The van der Waals surface area contributed by atoms with Crippen LogP contribution in [0.1, 0.15) is 32.9 Å². The fraction of sp³-hybridized carbons (Fsp3) is 0.200. The lowest BCUT2D eigenvalue weighted by molar-refractivity contribution is 0.101. The van der Waals surface area contributed by atoms with Crippen LogP contribution in [-0.2, 0) is 6.61 Å². The van der Waals surface area contributed by atoms with Gasteiger partial charge in [-0.25, -0.2) is 8.78 Å². The molecule has 1 amide bonds. The Kier molecular flexibility index (Phi) is 5.21. The minimum Gasteiger partial charge on any atom is -0.486 e. The number of carbonyl (C=O) groups is 1. The maximum absolute atomic E-state index is 13.7. The summed E-state index contributed by atoms with van der Waals surface area (Å²) < 4.78 is 37.2. The van der Waals surface area contributed by atoms with Gasteiger partial charge in [0.2, 0.25) is 0 Å². The number of aromatic nitrogens is 1. The molecule has 1 heterocycles. The lowest BCUT2D eigenvalue weighted by Crippen LogP contribution is -2.15. The average molecular weight is 372 g/mol. The van der Waals surface area contributed by atoms with Gasteiger partial charge in [-0.1, -0.05) is 11.2 Å². The molecule has 0 aliphatic heterocycles. The molecule has 0 spiro atoms. The summed E-state index contributed by atoms with van der Waals surface area (Å²) >= 11 is 0. The van der Waals surface area contributed by atoms with E-state index in [1.165, 1.54) is 6.07 Å². The number of benzene rings is 2. The molecule has 0 atom stereocenters. The first-order valence-electron chi connectivity index (χ1n) is 8.26. The van der Waals surface area contributed by atoms with E-state index in [-0.39, 0.29) is 18.1 Å². The molecule has 2 aromatic carbocycles. The number of carbonyl (C=O) groups excluding carboxylic acids is 1. The molecule has 7 heteroatoms. The SMILES string of the molecule is Cc1cc(C)cc(NC(=O)c2noc(C)c2COc2ccc(F)cc2F)c1. The summed E-state index contributed by atoms with van der Waals surface area (Å²) in [7, 11) is 0. The van der Waals surface area contributed by atoms with Crippen LogP contribution in [0.25, 0.3) is 0 Å².